The first-order chi connectivity index (χ1) is 9.38. The summed E-state index contributed by atoms with van der Waals surface area (Å²) in [6.45, 7) is 3.51. The number of rotatable bonds is 8. The third-order valence-electron chi connectivity index (χ3n) is 2.39. The van der Waals surface area contributed by atoms with E-state index in [4.69, 9.17) is 30.1 Å². The average molecular weight is 320 g/mol. The Balaban J connectivity index is 2.63. The first kappa shape index (κ1) is 17.3. The standard InChI is InChI=1S/C12H21N2O4PS/c1-9(2)8-10(3)17-11-6-7-12(14-13-11)18-19(20,15-4)16-5/h6-7,9-10H,8H2,1-5H3. The Morgan fingerprint density at radius 1 is 1.10 bits per heavy atom. The molecule has 0 fully saturated rings. The Morgan fingerprint density at radius 3 is 2.10 bits per heavy atom. The van der Waals surface area contributed by atoms with Crippen molar-refractivity contribution >= 4 is 18.5 Å². The van der Waals surface area contributed by atoms with E-state index in [2.05, 4.69) is 24.0 Å². The summed E-state index contributed by atoms with van der Waals surface area (Å²) < 4.78 is 21.1. The zero-order valence-corrected chi connectivity index (χ0v) is 14.1. The number of aromatic nitrogens is 2. The fourth-order valence-corrected chi connectivity index (χ4v) is 2.45. The van der Waals surface area contributed by atoms with E-state index in [9.17, 15) is 0 Å². The van der Waals surface area contributed by atoms with Gasteiger partial charge in [-0.05, 0) is 19.3 Å². The van der Waals surface area contributed by atoms with Crippen LogP contribution in [0.25, 0.3) is 0 Å². The monoisotopic (exact) mass is 320 g/mol. The topological polar surface area (TPSA) is 62.7 Å². The van der Waals surface area contributed by atoms with Crippen LogP contribution < -0.4 is 9.26 Å². The summed E-state index contributed by atoms with van der Waals surface area (Å²) in [6.07, 6.45) is 1.04. The number of hydrogen-bond donors (Lipinski definition) is 0. The summed E-state index contributed by atoms with van der Waals surface area (Å²) in [7, 11) is 2.87. The van der Waals surface area contributed by atoms with Gasteiger partial charge in [0.15, 0.2) is 0 Å². The number of ether oxygens (including phenoxy) is 1. The summed E-state index contributed by atoms with van der Waals surface area (Å²) in [5.41, 5.74) is 0. The summed E-state index contributed by atoms with van der Waals surface area (Å²) in [6, 6.07) is 3.31. The van der Waals surface area contributed by atoms with Crippen molar-refractivity contribution in [2.75, 3.05) is 14.2 Å². The lowest BCUT2D eigenvalue weighted by Gasteiger charge is -2.18. The highest BCUT2D eigenvalue weighted by atomic mass is 32.5. The molecule has 0 spiro atoms. The van der Waals surface area contributed by atoms with Gasteiger partial charge in [0, 0.05) is 38.2 Å². The van der Waals surface area contributed by atoms with Crippen LogP contribution in [-0.4, -0.2) is 30.5 Å². The maximum Gasteiger partial charge on any atom is 0.381 e. The van der Waals surface area contributed by atoms with Crippen LogP contribution in [0.4, 0.5) is 0 Å². The Bertz CT molecular complexity index is 447. The van der Waals surface area contributed by atoms with Crippen LogP contribution >= 0.6 is 6.72 Å². The Hall–Kier alpha value is -0.750. The van der Waals surface area contributed by atoms with E-state index < -0.39 is 6.72 Å². The van der Waals surface area contributed by atoms with Crippen LogP contribution in [-0.2, 0) is 20.9 Å². The molecule has 1 aromatic heterocycles. The van der Waals surface area contributed by atoms with Crippen LogP contribution in [0.1, 0.15) is 27.2 Å². The lowest BCUT2D eigenvalue weighted by Crippen LogP contribution is -2.15. The molecule has 0 bridgehead atoms. The average Bonchev–Trinajstić information content (AvgIpc) is 2.40. The van der Waals surface area contributed by atoms with Crippen LogP contribution in [0.15, 0.2) is 12.1 Å². The molecular weight excluding hydrogens is 299 g/mol. The minimum absolute atomic E-state index is 0.0829. The zero-order chi connectivity index (χ0) is 15.2. The van der Waals surface area contributed by atoms with Gasteiger partial charge in [-0.25, -0.2) is 0 Å². The molecule has 6 nitrogen and oxygen atoms in total. The third-order valence-corrected chi connectivity index (χ3v) is 4.82. The van der Waals surface area contributed by atoms with Gasteiger partial charge < -0.3 is 18.3 Å². The highest BCUT2D eigenvalue weighted by Gasteiger charge is 2.19. The van der Waals surface area contributed by atoms with Crippen LogP contribution in [0.3, 0.4) is 0 Å². The van der Waals surface area contributed by atoms with E-state index in [0.29, 0.717) is 11.8 Å². The lowest BCUT2D eigenvalue weighted by atomic mass is 10.1. The Kier molecular flexibility index (Phi) is 6.82. The van der Waals surface area contributed by atoms with Crippen molar-refractivity contribution in [1.82, 2.24) is 10.2 Å². The van der Waals surface area contributed by atoms with E-state index >= 15 is 0 Å². The maximum absolute atomic E-state index is 5.65. The molecule has 0 saturated carbocycles. The van der Waals surface area contributed by atoms with Crippen molar-refractivity contribution in [3.05, 3.63) is 12.1 Å². The van der Waals surface area contributed by atoms with Gasteiger partial charge in [0.1, 0.15) is 0 Å². The van der Waals surface area contributed by atoms with Gasteiger partial charge in [0.2, 0.25) is 11.8 Å². The molecule has 1 rings (SSSR count). The third kappa shape index (κ3) is 5.71. The summed E-state index contributed by atoms with van der Waals surface area (Å²) in [5.74, 6) is 1.27. The highest BCUT2D eigenvalue weighted by molar-refractivity contribution is 8.07. The van der Waals surface area contributed by atoms with E-state index in [1.807, 2.05) is 6.92 Å². The number of hydrogen-bond acceptors (Lipinski definition) is 7. The van der Waals surface area contributed by atoms with Gasteiger partial charge in [0.05, 0.1) is 6.10 Å². The van der Waals surface area contributed by atoms with Crippen molar-refractivity contribution < 1.29 is 18.3 Å². The molecule has 8 heteroatoms. The van der Waals surface area contributed by atoms with Gasteiger partial charge in [-0.15, -0.1) is 10.2 Å². The summed E-state index contributed by atoms with van der Waals surface area (Å²) in [4.78, 5) is 0. The highest BCUT2D eigenvalue weighted by Crippen LogP contribution is 2.47. The van der Waals surface area contributed by atoms with Gasteiger partial charge in [-0.3, -0.25) is 0 Å². The van der Waals surface area contributed by atoms with Gasteiger partial charge in [-0.2, -0.15) is 0 Å². The maximum atomic E-state index is 5.65. The lowest BCUT2D eigenvalue weighted by molar-refractivity contribution is 0.183. The molecule has 0 aliphatic carbocycles. The van der Waals surface area contributed by atoms with E-state index in [1.165, 1.54) is 14.2 Å². The molecule has 0 radical (unpaired) electrons. The second-order valence-corrected chi connectivity index (χ2v) is 7.82. The smallest absolute Gasteiger partial charge is 0.381 e. The fourth-order valence-electron chi connectivity index (χ4n) is 1.60. The molecule has 1 heterocycles. The molecule has 20 heavy (non-hydrogen) atoms. The van der Waals surface area contributed by atoms with Crippen molar-refractivity contribution in [1.29, 1.82) is 0 Å². The Morgan fingerprint density at radius 2 is 1.65 bits per heavy atom. The normalized spacial score (nSPS) is 13.3. The molecule has 1 unspecified atom stereocenters. The van der Waals surface area contributed by atoms with E-state index in [1.54, 1.807) is 12.1 Å². The molecule has 1 aromatic rings. The Labute approximate surface area is 125 Å². The molecule has 0 saturated heterocycles. The predicted molar refractivity (Wildman–Crippen MR) is 80.5 cm³/mol. The van der Waals surface area contributed by atoms with Crippen molar-refractivity contribution in [2.45, 2.75) is 33.3 Å². The molecule has 0 aliphatic rings. The van der Waals surface area contributed by atoms with Crippen LogP contribution in [0.2, 0.25) is 0 Å². The minimum atomic E-state index is -2.77. The minimum Gasteiger partial charge on any atom is -0.474 e. The number of nitrogens with zero attached hydrogens (tertiary/aromatic N) is 2. The van der Waals surface area contributed by atoms with Crippen molar-refractivity contribution in [2.24, 2.45) is 5.92 Å². The molecule has 0 amide bonds. The molecule has 0 N–H and O–H groups in total. The molecule has 1 atom stereocenters. The molecule has 0 aliphatic heterocycles. The SMILES string of the molecule is COP(=S)(OC)Oc1ccc(OC(C)CC(C)C)nn1. The van der Waals surface area contributed by atoms with Gasteiger partial charge in [-0.1, -0.05) is 13.8 Å². The molecule has 114 valence electrons. The summed E-state index contributed by atoms with van der Waals surface area (Å²) in [5, 5.41) is 7.84. The van der Waals surface area contributed by atoms with Crippen LogP contribution in [0, 0.1) is 5.92 Å². The molecule has 0 aromatic carbocycles. The van der Waals surface area contributed by atoms with Crippen molar-refractivity contribution in [3.8, 4) is 11.8 Å². The van der Waals surface area contributed by atoms with E-state index in [-0.39, 0.29) is 12.0 Å². The second-order valence-electron chi connectivity index (χ2n) is 4.67. The van der Waals surface area contributed by atoms with Gasteiger partial charge in [0.25, 0.3) is 0 Å². The fraction of sp³-hybridized carbons (Fsp3) is 0.667. The van der Waals surface area contributed by atoms with Crippen LogP contribution in [0.5, 0.6) is 11.8 Å². The van der Waals surface area contributed by atoms with Crippen molar-refractivity contribution in [3.63, 3.8) is 0 Å². The first-order valence-electron chi connectivity index (χ1n) is 6.30. The second kappa shape index (κ2) is 7.88. The quantitative estimate of drug-likeness (QED) is 0.682. The van der Waals surface area contributed by atoms with Gasteiger partial charge >= 0.3 is 6.72 Å². The van der Waals surface area contributed by atoms with E-state index in [0.717, 1.165) is 6.42 Å². The first-order valence-corrected chi connectivity index (χ1v) is 8.85. The summed E-state index contributed by atoms with van der Waals surface area (Å²) >= 11 is 5.08. The molecular formula is C12H21N2O4PS. The zero-order valence-electron chi connectivity index (χ0n) is 12.4. The predicted octanol–water partition coefficient (Wildman–Crippen LogP) is 3.19. The largest absolute Gasteiger partial charge is 0.474 e.